The molecule has 0 saturated heterocycles. The van der Waals surface area contributed by atoms with Gasteiger partial charge < -0.3 is 0 Å². The van der Waals surface area contributed by atoms with Gasteiger partial charge in [-0.2, -0.15) is 0 Å². The number of nitro groups is 1. The smallest absolute Gasteiger partial charge is 0.258 e. The Morgan fingerprint density at radius 2 is 2.06 bits per heavy atom. The molecule has 1 aromatic rings. The summed E-state index contributed by atoms with van der Waals surface area (Å²) in [6.07, 6.45) is 8.38. The second kappa shape index (κ2) is 6.77. The van der Waals surface area contributed by atoms with E-state index >= 15 is 0 Å². The normalized spacial score (nSPS) is 10.8. The van der Waals surface area contributed by atoms with Crippen molar-refractivity contribution in [2.75, 3.05) is 0 Å². The summed E-state index contributed by atoms with van der Waals surface area (Å²) < 4.78 is 0. The number of non-ortho nitro benzene ring substituents is 1. The third-order valence-electron chi connectivity index (χ3n) is 2.34. The summed E-state index contributed by atoms with van der Waals surface area (Å²) in [5.41, 5.74) is 1.20. The predicted octanol–water partition coefficient (Wildman–Crippen LogP) is 3.88. The molecule has 0 spiro atoms. The quantitative estimate of drug-likeness (QED) is 0.414. The predicted molar refractivity (Wildman–Crippen MR) is 65.5 cm³/mol. The van der Waals surface area contributed by atoms with Gasteiger partial charge in [-0.3, -0.25) is 10.1 Å². The van der Waals surface area contributed by atoms with Gasteiger partial charge in [0.25, 0.3) is 5.69 Å². The van der Waals surface area contributed by atoms with Crippen molar-refractivity contribution >= 4 is 5.69 Å². The van der Waals surface area contributed by atoms with Crippen LogP contribution in [0.2, 0.25) is 0 Å². The van der Waals surface area contributed by atoms with E-state index in [2.05, 4.69) is 19.1 Å². The lowest BCUT2D eigenvalue weighted by atomic mass is 10.1. The molecule has 16 heavy (non-hydrogen) atoms. The van der Waals surface area contributed by atoms with Gasteiger partial charge in [0.1, 0.15) is 0 Å². The summed E-state index contributed by atoms with van der Waals surface area (Å²) in [6.45, 7) is 2.14. The highest BCUT2D eigenvalue weighted by Crippen LogP contribution is 2.14. The maximum Gasteiger partial charge on any atom is 0.269 e. The van der Waals surface area contributed by atoms with E-state index in [0.717, 1.165) is 31.2 Å². The molecule has 0 aliphatic rings. The summed E-state index contributed by atoms with van der Waals surface area (Å²) in [7, 11) is 0. The highest BCUT2D eigenvalue weighted by atomic mass is 16.6. The van der Waals surface area contributed by atoms with Gasteiger partial charge in [0.2, 0.25) is 0 Å². The van der Waals surface area contributed by atoms with Crippen molar-refractivity contribution in [3.8, 4) is 0 Å². The van der Waals surface area contributed by atoms with E-state index in [1.807, 2.05) is 6.07 Å². The molecule has 0 saturated carbocycles. The average Bonchev–Trinajstić information content (AvgIpc) is 2.29. The van der Waals surface area contributed by atoms with Crippen LogP contribution >= 0.6 is 0 Å². The Morgan fingerprint density at radius 3 is 2.75 bits per heavy atom. The first kappa shape index (κ1) is 12.4. The molecule has 0 fully saturated rings. The van der Waals surface area contributed by atoms with Gasteiger partial charge in [0, 0.05) is 12.1 Å². The number of unbranched alkanes of at least 4 members (excludes halogenated alkanes) is 1. The topological polar surface area (TPSA) is 43.1 Å². The molecule has 0 amide bonds. The maximum atomic E-state index is 10.6. The van der Waals surface area contributed by atoms with E-state index in [1.54, 1.807) is 12.1 Å². The van der Waals surface area contributed by atoms with E-state index in [1.165, 1.54) is 6.07 Å². The minimum Gasteiger partial charge on any atom is -0.258 e. The first-order valence-corrected chi connectivity index (χ1v) is 5.62. The van der Waals surface area contributed by atoms with Crippen LogP contribution in [0.5, 0.6) is 0 Å². The summed E-state index contributed by atoms with van der Waals surface area (Å²) >= 11 is 0. The van der Waals surface area contributed by atoms with E-state index < -0.39 is 0 Å². The lowest BCUT2D eigenvalue weighted by molar-refractivity contribution is -0.384. The summed E-state index contributed by atoms with van der Waals surface area (Å²) in [5, 5.41) is 10.6. The van der Waals surface area contributed by atoms with Crippen molar-refractivity contribution < 1.29 is 4.92 Å². The molecule has 3 heteroatoms. The lowest BCUT2D eigenvalue weighted by Gasteiger charge is -1.98. The van der Waals surface area contributed by atoms with Crippen LogP contribution in [0.25, 0.3) is 0 Å². The third-order valence-corrected chi connectivity index (χ3v) is 2.34. The Morgan fingerprint density at radius 1 is 1.31 bits per heavy atom. The van der Waals surface area contributed by atoms with E-state index in [9.17, 15) is 10.1 Å². The molecular formula is C13H17NO2. The zero-order chi connectivity index (χ0) is 11.8. The summed E-state index contributed by atoms with van der Waals surface area (Å²) in [6, 6.07) is 6.84. The fraction of sp³-hybridized carbons (Fsp3) is 0.385. The van der Waals surface area contributed by atoms with Crippen molar-refractivity contribution in [3.63, 3.8) is 0 Å². The monoisotopic (exact) mass is 219 g/mol. The third kappa shape index (κ3) is 4.26. The summed E-state index contributed by atoms with van der Waals surface area (Å²) in [4.78, 5) is 10.2. The van der Waals surface area contributed by atoms with E-state index in [4.69, 9.17) is 0 Å². The molecule has 0 aliphatic carbocycles. The molecular weight excluding hydrogens is 202 g/mol. The minimum absolute atomic E-state index is 0.176. The summed E-state index contributed by atoms with van der Waals surface area (Å²) in [5.74, 6) is 0. The molecule has 86 valence electrons. The molecule has 0 heterocycles. The van der Waals surface area contributed by atoms with Crippen LogP contribution in [0, 0.1) is 10.1 Å². The number of nitro benzene ring substituents is 1. The molecule has 0 bridgehead atoms. The first-order chi connectivity index (χ1) is 7.74. The van der Waals surface area contributed by atoms with Gasteiger partial charge >= 0.3 is 0 Å². The fourth-order valence-electron chi connectivity index (χ4n) is 1.48. The van der Waals surface area contributed by atoms with Crippen molar-refractivity contribution in [3.05, 3.63) is 52.1 Å². The van der Waals surface area contributed by atoms with Crippen LogP contribution in [-0.4, -0.2) is 4.92 Å². The number of benzene rings is 1. The van der Waals surface area contributed by atoms with Crippen LogP contribution in [0.1, 0.15) is 31.7 Å². The van der Waals surface area contributed by atoms with Gasteiger partial charge in [-0.15, -0.1) is 0 Å². The van der Waals surface area contributed by atoms with Crippen molar-refractivity contribution in [2.45, 2.75) is 32.6 Å². The average molecular weight is 219 g/mol. The molecule has 0 atom stereocenters. The standard InChI is InChI=1S/C13H17NO2/c1-2-3-4-5-6-8-12-9-7-10-13(11-12)14(15)16/h4-5,7,9-11H,2-3,6,8H2,1H3/b5-4-. The Bertz CT molecular complexity index is 372. The Hall–Kier alpha value is -1.64. The van der Waals surface area contributed by atoms with Gasteiger partial charge in [-0.05, 0) is 24.8 Å². The molecule has 1 aromatic carbocycles. The highest BCUT2D eigenvalue weighted by Gasteiger charge is 2.04. The molecule has 3 nitrogen and oxygen atoms in total. The van der Waals surface area contributed by atoms with Crippen molar-refractivity contribution in [1.82, 2.24) is 0 Å². The van der Waals surface area contributed by atoms with Gasteiger partial charge in [0.15, 0.2) is 0 Å². The Balaban J connectivity index is 2.48. The number of aryl methyl sites for hydroxylation is 1. The molecule has 0 aliphatic heterocycles. The van der Waals surface area contributed by atoms with Crippen molar-refractivity contribution in [1.29, 1.82) is 0 Å². The Kier molecular flexibility index (Phi) is 5.26. The van der Waals surface area contributed by atoms with E-state index in [-0.39, 0.29) is 10.6 Å². The van der Waals surface area contributed by atoms with Crippen LogP contribution in [-0.2, 0) is 6.42 Å². The fourth-order valence-corrected chi connectivity index (χ4v) is 1.48. The number of allylic oxidation sites excluding steroid dienone is 2. The van der Waals surface area contributed by atoms with Gasteiger partial charge in [0.05, 0.1) is 4.92 Å². The second-order valence-corrected chi connectivity index (χ2v) is 3.73. The molecule has 1 rings (SSSR count). The van der Waals surface area contributed by atoms with Gasteiger partial charge in [-0.1, -0.05) is 37.6 Å². The first-order valence-electron chi connectivity index (χ1n) is 5.62. The number of nitrogens with zero attached hydrogens (tertiary/aromatic N) is 1. The minimum atomic E-state index is -0.351. The SMILES string of the molecule is CCC/C=C\CCc1cccc([N+](=O)[O-])c1. The molecule has 0 aromatic heterocycles. The lowest BCUT2D eigenvalue weighted by Crippen LogP contribution is -1.90. The molecule has 0 unspecified atom stereocenters. The number of hydrogen-bond acceptors (Lipinski definition) is 2. The zero-order valence-corrected chi connectivity index (χ0v) is 9.56. The zero-order valence-electron chi connectivity index (χ0n) is 9.56. The van der Waals surface area contributed by atoms with Crippen LogP contribution in [0.15, 0.2) is 36.4 Å². The highest BCUT2D eigenvalue weighted by molar-refractivity contribution is 5.34. The van der Waals surface area contributed by atoms with Gasteiger partial charge in [-0.25, -0.2) is 0 Å². The number of hydrogen-bond donors (Lipinski definition) is 0. The Labute approximate surface area is 95.9 Å². The van der Waals surface area contributed by atoms with Crippen LogP contribution in [0.3, 0.4) is 0 Å². The van der Waals surface area contributed by atoms with Crippen molar-refractivity contribution in [2.24, 2.45) is 0 Å². The van der Waals surface area contributed by atoms with E-state index in [0.29, 0.717) is 0 Å². The van der Waals surface area contributed by atoms with Crippen LogP contribution in [0.4, 0.5) is 5.69 Å². The van der Waals surface area contributed by atoms with Crippen LogP contribution < -0.4 is 0 Å². The largest absolute Gasteiger partial charge is 0.269 e. The maximum absolute atomic E-state index is 10.6. The molecule has 0 N–H and O–H groups in total. The molecule has 0 radical (unpaired) electrons. The number of rotatable bonds is 6. The second-order valence-electron chi connectivity index (χ2n) is 3.73.